The molecule has 0 unspecified atom stereocenters. The topological polar surface area (TPSA) is 79.6 Å². The number of anilines is 3. The van der Waals surface area contributed by atoms with Crippen molar-refractivity contribution in [3.05, 3.63) is 41.9 Å². The number of piperidine rings is 1. The summed E-state index contributed by atoms with van der Waals surface area (Å²) in [6.07, 6.45) is 11.9. The van der Waals surface area contributed by atoms with Gasteiger partial charge in [0.1, 0.15) is 23.1 Å². The molecule has 2 saturated heterocycles. The van der Waals surface area contributed by atoms with Gasteiger partial charge in [-0.25, -0.2) is 14.4 Å². The summed E-state index contributed by atoms with van der Waals surface area (Å²) >= 11 is 9.15. The first-order valence-electron chi connectivity index (χ1n) is 15.2. The molecule has 0 bridgehead atoms. The number of thiocarbonyl (C=S) groups is 1. The fourth-order valence-electron chi connectivity index (χ4n) is 6.93. The third-order valence-corrected chi connectivity index (χ3v) is 11.3. The molecule has 1 spiro atoms. The van der Waals surface area contributed by atoms with Crippen LogP contribution in [0.15, 0.2) is 30.6 Å². The maximum Gasteiger partial charge on any atom is 0.259 e. The van der Waals surface area contributed by atoms with E-state index in [1.165, 1.54) is 43.0 Å². The van der Waals surface area contributed by atoms with E-state index in [9.17, 15) is 14.4 Å². The lowest BCUT2D eigenvalue weighted by molar-refractivity contribution is -0.123. The van der Waals surface area contributed by atoms with Gasteiger partial charge in [0.05, 0.1) is 23.8 Å². The Balaban J connectivity index is 1.18. The van der Waals surface area contributed by atoms with Crippen LogP contribution in [0, 0.1) is 17.2 Å². The third kappa shape index (κ3) is 5.76. The summed E-state index contributed by atoms with van der Waals surface area (Å²) in [5.74, 6) is 1.52. The normalized spacial score (nSPS) is 21.1. The first-order valence-corrected chi connectivity index (χ1v) is 17.7. The molecule has 12 heteroatoms. The molecule has 43 heavy (non-hydrogen) atoms. The fraction of sp³-hybridized carbons (Fsp3) is 0.581. The van der Waals surface area contributed by atoms with Gasteiger partial charge >= 0.3 is 0 Å². The van der Waals surface area contributed by atoms with Crippen molar-refractivity contribution in [1.82, 2.24) is 14.9 Å². The predicted molar refractivity (Wildman–Crippen MR) is 188 cm³/mol. The first-order chi connectivity index (χ1) is 20.5. The summed E-state index contributed by atoms with van der Waals surface area (Å²) < 4.78 is 13.1. The van der Waals surface area contributed by atoms with Crippen LogP contribution in [0.1, 0.15) is 76.5 Å². The van der Waals surface area contributed by atoms with Crippen LogP contribution in [-0.4, -0.2) is 63.1 Å². The Kier molecular flexibility index (Phi) is 8.91. The molecule has 6 rings (SSSR count). The molecule has 1 amide bonds. The zero-order valence-corrected chi connectivity index (χ0v) is 29.6. The second-order valence-corrected chi connectivity index (χ2v) is 17.9. The molecule has 2 aromatic rings. The molecule has 0 aromatic carbocycles. The average Bonchev–Trinajstić information content (AvgIpc) is 3.18. The van der Waals surface area contributed by atoms with Crippen molar-refractivity contribution >= 4 is 85.6 Å². The number of aromatic nitrogens is 2. The minimum absolute atomic E-state index is 0.0118. The van der Waals surface area contributed by atoms with Crippen molar-refractivity contribution in [1.29, 1.82) is 5.26 Å². The highest BCUT2D eigenvalue weighted by Crippen LogP contribution is 2.49. The molecule has 2 aliphatic heterocycles. The van der Waals surface area contributed by atoms with E-state index < -0.39 is 7.22 Å². The molecule has 228 valence electrons. The van der Waals surface area contributed by atoms with Crippen molar-refractivity contribution in [3.63, 3.8) is 0 Å². The Morgan fingerprint density at radius 1 is 1.14 bits per heavy atom. The van der Waals surface area contributed by atoms with Crippen LogP contribution in [0.25, 0.3) is 0 Å². The molecule has 4 aliphatic rings. The van der Waals surface area contributed by atoms with Gasteiger partial charge < -0.3 is 9.80 Å². The van der Waals surface area contributed by atoms with Crippen molar-refractivity contribution in [2.24, 2.45) is 5.92 Å². The Hall–Kier alpha value is -1.70. The number of carbonyl (C=O) groups excluding carboxylic acids is 1. The van der Waals surface area contributed by atoms with E-state index in [0.29, 0.717) is 29.7 Å². The molecular formula is C31H36FI2N7OS. The van der Waals surface area contributed by atoms with Gasteiger partial charge in [-0.05, 0) is 140 Å². The van der Waals surface area contributed by atoms with E-state index in [2.05, 4.69) is 28.6 Å². The van der Waals surface area contributed by atoms with E-state index in [1.807, 2.05) is 29.3 Å². The standard InChI is InChI=1S/C31H36FI2N7OS/c1-20(2)39(22-5-3-6-22)19-21-9-13-38(14-10-21)27-8-7-23(17-37-27)41-29(43)40(28(42)30(41)11-4-12-30)24-15-25(31(32,33)34)26(16-35)36-18-24/h7-8,15,17-18,20-22H,3-6,9-14,19H2,1-2H3. The molecule has 2 saturated carbocycles. The minimum atomic E-state index is -1.86. The van der Waals surface area contributed by atoms with Crippen LogP contribution >= 0.6 is 57.4 Å². The zero-order valence-electron chi connectivity index (χ0n) is 24.5. The summed E-state index contributed by atoms with van der Waals surface area (Å²) in [7, 11) is 0. The van der Waals surface area contributed by atoms with Gasteiger partial charge in [-0.3, -0.25) is 14.6 Å². The van der Waals surface area contributed by atoms with Gasteiger partial charge in [-0.1, -0.05) is 6.42 Å². The van der Waals surface area contributed by atoms with Crippen molar-refractivity contribution in [3.8, 4) is 6.07 Å². The lowest BCUT2D eigenvalue weighted by atomic mass is 9.75. The van der Waals surface area contributed by atoms with Crippen LogP contribution < -0.4 is 14.7 Å². The lowest BCUT2D eigenvalue weighted by Gasteiger charge is -2.44. The van der Waals surface area contributed by atoms with Gasteiger partial charge in [0, 0.05) is 37.3 Å². The number of hydrogen-bond donors (Lipinski definition) is 0. The number of carbonyl (C=O) groups is 1. The maximum atomic E-state index is 15.0. The Labute approximate surface area is 285 Å². The molecule has 0 N–H and O–H groups in total. The molecule has 0 atom stereocenters. The number of rotatable bonds is 8. The molecule has 0 radical (unpaired) electrons. The minimum Gasteiger partial charge on any atom is -0.357 e. The second-order valence-electron chi connectivity index (χ2n) is 12.5. The number of pyridine rings is 2. The van der Waals surface area contributed by atoms with Crippen LogP contribution in [0.4, 0.5) is 21.6 Å². The smallest absolute Gasteiger partial charge is 0.259 e. The van der Waals surface area contributed by atoms with E-state index in [0.717, 1.165) is 55.8 Å². The summed E-state index contributed by atoms with van der Waals surface area (Å²) in [5, 5.41) is 9.79. The van der Waals surface area contributed by atoms with Crippen molar-refractivity contribution in [2.45, 2.75) is 84.5 Å². The Morgan fingerprint density at radius 3 is 2.35 bits per heavy atom. The first kappa shape index (κ1) is 31.3. The quantitative estimate of drug-likeness (QED) is 0.163. The summed E-state index contributed by atoms with van der Waals surface area (Å²) in [6.45, 7) is 7.83. The number of nitrogens with zero attached hydrogens (tertiary/aromatic N) is 7. The van der Waals surface area contributed by atoms with E-state index in [4.69, 9.17) is 17.2 Å². The number of alkyl halides is 3. The molecule has 4 fully saturated rings. The number of halogens is 3. The monoisotopic (exact) mass is 827 g/mol. The van der Waals surface area contributed by atoms with Gasteiger partial charge in [-0.2, -0.15) is 5.26 Å². The second kappa shape index (κ2) is 12.2. The maximum absolute atomic E-state index is 15.0. The van der Waals surface area contributed by atoms with Crippen LogP contribution in [0.5, 0.6) is 0 Å². The number of hydrogen-bond acceptors (Lipinski definition) is 7. The zero-order chi connectivity index (χ0) is 30.5. The fourth-order valence-corrected chi connectivity index (χ4v) is 8.22. The largest absolute Gasteiger partial charge is 0.357 e. The summed E-state index contributed by atoms with van der Waals surface area (Å²) in [6, 6.07) is 8.89. The van der Waals surface area contributed by atoms with Gasteiger partial charge in [0.25, 0.3) is 5.91 Å². The highest BCUT2D eigenvalue weighted by Gasteiger charge is 2.59. The van der Waals surface area contributed by atoms with Gasteiger partial charge in [0.2, 0.25) is 1.68 Å². The predicted octanol–water partition coefficient (Wildman–Crippen LogP) is 6.84. The highest BCUT2D eigenvalue weighted by atomic mass is 127. The lowest BCUT2D eigenvalue weighted by Crippen LogP contribution is -2.55. The van der Waals surface area contributed by atoms with Gasteiger partial charge in [-0.15, -0.1) is 0 Å². The Morgan fingerprint density at radius 2 is 1.84 bits per heavy atom. The van der Waals surface area contributed by atoms with E-state index in [-0.39, 0.29) is 17.2 Å². The summed E-state index contributed by atoms with van der Waals surface area (Å²) in [4.78, 5) is 31.4. The highest BCUT2D eigenvalue weighted by molar-refractivity contribution is 14.2. The molecule has 2 aliphatic carbocycles. The van der Waals surface area contributed by atoms with Gasteiger partial charge in [0.15, 0.2) is 5.11 Å². The molecular weight excluding hydrogens is 791 g/mol. The molecule has 4 heterocycles. The van der Waals surface area contributed by atoms with E-state index >= 15 is 0 Å². The SMILES string of the molecule is CC(C)N(CC1CCN(c2ccc(N3C(=S)N(c4cnc(C#N)c(C(F)(I)I)c4)C(=O)C34CCC4)cn2)CC1)C1CCC1. The number of nitriles is 1. The third-order valence-electron chi connectivity index (χ3n) is 9.74. The van der Waals surface area contributed by atoms with Crippen LogP contribution in [0.2, 0.25) is 0 Å². The number of amides is 1. The molecule has 8 nitrogen and oxygen atoms in total. The Bertz CT molecular complexity index is 1430. The van der Waals surface area contributed by atoms with Crippen molar-refractivity contribution < 1.29 is 9.18 Å². The molecule has 2 aromatic heterocycles. The van der Waals surface area contributed by atoms with E-state index in [1.54, 1.807) is 45.2 Å². The summed E-state index contributed by atoms with van der Waals surface area (Å²) in [5.41, 5.74) is 0.463. The average molecular weight is 828 g/mol. The van der Waals surface area contributed by atoms with Crippen LogP contribution in [0.3, 0.4) is 0 Å². The van der Waals surface area contributed by atoms with Crippen molar-refractivity contribution in [2.75, 3.05) is 34.3 Å². The van der Waals surface area contributed by atoms with Crippen LogP contribution in [-0.2, 0) is 6.48 Å².